The van der Waals surface area contributed by atoms with Gasteiger partial charge < -0.3 is 10.0 Å². The van der Waals surface area contributed by atoms with Crippen LogP contribution < -0.4 is 0 Å². The molecule has 1 fully saturated rings. The van der Waals surface area contributed by atoms with E-state index in [4.69, 9.17) is 0 Å². The Morgan fingerprint density at radius 3 is 2.70 bits per heavy atom. The van der Waals surface area contributed by atoms with Crippen molar-refractivity contribution < 1.29 is 9.90 Å². The van der Waals surface area contributed by atoms with Gasteiger partial charge >= 0.3 is 0 Å². The van der Waals surface area contributed by atoms with Gasteiger partial charge in [0.2, 0.25) is 0 Å². The van der Waals surface area contributed by atoms with Gasteiger partial charge in [0, 0.05) is 38.9 Å². The minimum atomic E-state index is -0.281. The lowest BCUT2D eigenvalue weighted by molar-refractivity contribution is 0.0523. The van der Waals surface area contributed by atoms with Gasteiger partial charge in [0.05, 0.1) is 11.7 Å². The highest BCUT2D eigenvalue weighted by atomic mass is 16.3. The maximum Gasteiger partial charge on any atom is 0.255 e. The summed E-state index contributed by atoms with van der Waals surface area (Å²) in [5.41, 5.74) is 1.40. The lowest BCUT2D eigenvalue weighted by Crippen LogP contribution is -2.50. The van der Waals surface area contributed by atoms with E-state index in [9.17, 15) is 9.90 Å². The van der Waals surface area contributed by atoms with E-state index in [1.807, 2.05) is 29.2 Å². The van der Waals surface area contributed by atoms with E-state index in [1.54, 1.807) is 12.3 Å². The Bertz CT molecular complexity index is 691. The molecule has 1 unspecified atom stereocenters. The molecule has 0 saturated carbocycles. The highest BCUT2D eigenvalue weighted by molar-refractivity contribution is 5.94. The molecule has 2 aromatic rings. The molecule has 124 valence electrons. The number of aliphatic hydroxyl groups is 1. The largest absolute Gasteiger partial charge is 0.392 e. The number of pyridine rings is 1. The maximum absolute atomic E-state index is 12.7. The molecule has 1 N–H and O–H groups in total. The number of fused-ring (bicyclic) bond motifs is 1. The van der Waals surface area contributed by atoms with Gasteiger partial charge in [-0.1, -0.05) is 6.92 Å². The average Bonchev–Trinajstić information content (AvgIpc) is 2.95. The highest BCUT2D eigenvalue weighted by Crippen LogP contribution is 2.12. The standard InChI is InChI=1S/C16H23N5O2/c1-3-14(22)11-19-6-8-20(9-7-19)16(23)13-4-5-15-18-17-12(2)21(15)10-13/h4-5,10,14,22H,3,6-9,11H2,1-2H3. The summed E-state index contributed by atoms with van der Waals surface area (Å²) in [4.78, 5) is 16.7. The van der Waals surface area contributed by atoms with Crippen LogP contribution in [0.15, 0.2) is 18.3 Å². The molecule has 7 heteroatoms. The second kappa shape index (κ2) is 6.64. The third kappa shape index (κ3) is 3.35. The summed E-state index contributed by atoms with van der Waals surface area (Å²) in [6.45, 7) is 7.51. The monoisotopic (exact) mass is 317 g/mol. The van der Waals surface area contributed by atoms with Crippen LogP contribution in [0, 0.1) is 6.92 Å². The van der Waals surface area contributed by atoms with Crippen LogP contribution in [0.2, 0.25) is 0 Å². The Hall–Kier alpha value is -1.99. The van der Waals surface area contributed by atoms with Crippen LogP contribution in [0.3, 0.4) is 0 Å². The molecule has 7 nitrogen and oxygen atoms in total. The summed E-state index contributed by atoms with van der Waals surface area (Å²) >= 11 is 0. The summed E-state index contributed by atoms with van der Waals surface area (Å²) in [6.07, 6.45) is 2.29. The molecule has 0 aliphatic carbocycles. The minimum Gasteiger partial charge on any atom is -0.392 e. The molecule has 1 aliphatic heterocycles. The quantitative estimate of drug-likeness (QED) is 0.892. The molecule has 23 heavy (non-hydrogen) atoms. The molecule has 3 rings (SSSR count). The van der Waals surface area contributed by atoms with Gasteiger partial charge in [-0.2, -0.15) is 0 Å². The number of amides is 1. The second-order valence-corrected chi connectivity index (χ2v) is 6.05. The number of hydrogen-bond acceptors (Lipinski definition) is 5. The number of carbonyl (C=O) groups is 1. The zero-order valence-corrected chi connectivity index (χ0v) is 13.6. The van der Waals surface area contributed by atoms with E-state index in [0.717, 1.165) is 31.0 Å². The van der Waals surface area contributed by atoms with Crippen LogP contribution in [-0.4, -0.2) is 74.2 Å². The van der Waals surface area contributed by atoms with Crippen molar-refractivity contribution in [1.29, 1.82) is 0 Å². The van der Waals surface area contributed by atoms with E-state index in [-0.39, 0.29) is 12.0 Å². The average molecular weight is 317 g/mol. The first-order chi connectivity index (χ1) is 11.1. The van der Waals surface area contributed by atoms with E-state index >= 15 is 0 Å². The fraction of sp³-hybridized carbons (Fsp3) is 0.562. The van der Waals surface area contributed by atoms with Crippen molar-refractivity contribution in [2.45, 2.75) is 26.4 Å². The number of nitrogens with zero attached hydrogens (tertiary/aromatic N) is 5. The van der Waals surface area contributed by atoms with E-state index in [2.05, 4.69) is 15.1 Å². The van der Waals surface area contributed by atoms with Crippen molar-refractivity contribution in [3.63, 3.8) is 0 Å². The zero-order chi connectivity index (χ0) is 16.4. The molecule has 1 saturated heterocycles. The van der Waals surface area contributed by atoms with Gasteiger partial charge in [0.25, 0.3) is 5.91 Å². The van der Waals surface area contributed by atoms with Crippen LogP contribution in [0.5, 0.6) is 0 Å². The molecule has 1 aliphatic rings. The van der Waals surface area contributed by atoms with Gasteiger partial charge in [-0.05, 0) is 25.5 Å². The third-order valence-corrected chi connectivity index (χ3v) is 4.42. The molecule has 2 aromatic heterocycles. The normalized spacial score (nSPS) is 17.6. The summed E-state index contributed by atoms with van der Waals surface area (Å²) in [6, 6.07) is 3.63. The van der Waals surface area contributed by atoms with Crippen LogP contribution in [0.25, 0.3) is 5.65 Å². The first kappa shape index (κ1) is 15.9. The number of carbonyl (C=O) groups excluding carboxylic acids is 1. The molecular weight excluding hydrogens is 294 g/mol. The molecular formula is C16H23N5O2. The first-order valence-corrected chi connectivity index (χ1v) is 8.09. The van der Waals surface area contributed by atoms with Crippen molar-refractivity contribution in [2.24, 2.45) is 0 Å². The second-order valence-electron chi connectivity index (χ2n) is 6.05. The lowest BCUT2D eigenvalue weighted by Gasteiger charge is -2.35. The SMILES string of the molecule is CCC(O)CN1CCN(C(=O)c2ccc3nnc(C)n3c2)CC1. The first-order valence-electron chi connectivity index (χ1n) is 8.09. The van der Waals surface area contributed by atoms with Crippen LogP contribution in [0.4, 0.5) is 0 Å². The van der Waals surface area contributed by atoms with Crippen LogP contribution in [0.1, 0.15) is 29.5 Å². The fourth-order valence-electron chi connectivity index (χ4n) is 2.88. The van der Waals surface area contributed by atoms with Gasteiger partial charge in [0.15, 0.2) is 5.65 Å². The molecule has 0 spiro atoms. The Balaban J connectivity index is 1.65. The summed E-state index contributed by atoms with van der Waals surface area (Å²) in [5.74, 6) is 0.809. The highest BCUT2D eigenvalue weighted by Gasteiger charge is 2.23. The predicted octanol–water partition coefficient (Wildman–Crippen LogP) is 0.566. The van der Waals surface area contributed by atoms with E-state index < -0.39 is 0 Å². The van der Waals surface area contributed by atoms with Gasteiger partial charge in [-0.25, -0.2) is 0 Å². The smallest absolute Gasteiger partial charge is 0.255 e. The van der Waals surface area contributed by atoms with E-state index in [1.165, 1.54) is 0 Å². The predicted molar refractivity (Wildman–Crippen MR) is 86.4 cm³/mol. The lowest BCUT2D eigenvalue weighted by atomic mass is 10.2. The summed E-state index contributed by atoms with van der Waals surface area (Å²) in [7, 11) is 0. The van der Waals surface area contributed by atoms with Gasteiger partial charge in [0.1, 0.15) is 5.82 Å². The Morgan fingerprint density at radius 2 is 2.00 bits per heavy atom. The minimum absolute atomic E-state index is 0.0377. The maximum atomic E-state index is 12.7. The number of rotatable bonds is 4. The summed E-state index contributed by atoms with van der Waals surface area (Å²) in [5, 5.41) is 17.8. The number of aryl methyl sites for hydroxylation is 1. The molecule has 1 atom stereocenters. The Morgan fingerprint density at radius 1 is 1.26 bits per heavy atom. The van der Waals surface area contributed by atoms with Crippen molar-refractivity contribution >= 4 is 11.6 Å². The molecule has 0 bridgehead atoms. The molecule has 3 heterocycles. The van der Waals surface area contributed by atoms with Gasteiger partial charge in [-0.15, -0.1) is 10.2 Å². The van der Waals surface area contributed by atoms with Crippen LogP contribution in [-0.2, 0) is 0 Å². The number of β-amino-alcohol motifs (C(OH)–C–C–N with tert-alkyl or cyclic N) is 1. The molecule has 0 radical (unpaired) electrons. The van der Waals surface area contributed by atoms with Crippen molar-refractivity contribution in [1.82, 2.24) is 24.4 Å². The topological polar surface area (TPSA) is 74.0 Å². The van der Waals surface area contributed by atoms with Crippen molar-refractivity contribution in [3.05, 3.63) is 29.7 Å². The molecule has 0 aromatic carbocycles. The number of piperazine rings is 1. The van der Waals surface area contributed by atoms with Gasteiger partial charge in [-0.3, -0.25) is 14.1 Å². The van der Waals surface area contributed by atoms with Crippen molar-refractivity contribution in [3.8, 4) is 0 Å². The Kier molecular flexibility index (Phi) is 4.58. The zero-order valence-electron chi connectivity index (χ0n) is 13.6. The van der Waals surface area contributed by atoms with Crippen molar-refractivity contribution in [2.75, 3.05) is 32.7 Å². The van der Waals surface area contributed by atoms with Crippen LogP contribution >= 0.6 is 0 Å². The summed E-state index contributed by atoms with van der Waals surface area (Å²) < 4.78 is 1.83. The number of hydrogen-bond donors (Lipinski definition) is 1. The number of aliphatic hydroxyl groups excluding tert-OH is 1. The molecule has 1 amide bonds. The Labute approximate surface area is 135 Å². The van der Waals surface area contributed by atoms with E-state index in [0.29, 0.717) is 25.2 Å². The third-order valence-electron chi connectivity index (χ3n) is 4.42. The number of aromatic nitrogens is 3. The fourth-order valence-corrected chi connectivity index (χ4v) is 2.88.